The summed E-state index contributed by atoms with van der Waals surface area (Å²) in [6.07, 6.45) is 0.795. The Hall–Kier alpha value is -2.34. The molecule has 2 aromatic rings. The van der Waals surface area contributed by atoms with Gasteiger partial charge in [0.05, 0.1) is 16.1 Å². The van der Waals surface area contributed by atoms with Crippen molar-refractivity contribution in [3.05, 3.63) is 60.2 Å². The summed E-state index contributed by atoms with van der Waals surface area (Å²) in [5.41, 5.74) is 0.560. The predicted octanol–water partition coefficient (Wildman–Crippen LogP) is 3.02. The molecule has 0 aliphatic rings. The van der Waals surface area contributed by atoms with E-state index in [1.807, 2.05) is 13.8 Å². The zero-order valence-corrected chi connectivity index (χ0v) is 13.9. The molecule has 1 unspecified atom stereocenters. The average Bonchev–Trinajstić information content (AvgIpc) is 2.55. The fraction of sp³-hybridized carbons (Fsp3) is 0.235. The minimum Gasteiger partial charge on any atom is -0.350 e. The molecule has 0 aromatic heterocycles. The van der Waals surface area contributed by atoms with Crippen LogP contribution in [0.5, 0.6) is 0 Å². The second kappa shape index (κ2) is 7.28. The fourth-order valence-corrected chi connectivity index (χ4v) is 3.08. The molecule has 2 N–H and O–H groups in total. The van der Waals surface area contributed by atoms with E-state index in [1.165, 1.54) is 12.1 Å². The Morgan fingerprint density at radius 3 is 2.30 bits per heavy atom. The van der Waals surface area contributed by atoms with Crippen molar-refractivity contribution in [2.75, 3.05) is 4.72 Å². The van der Waals surface area contributed by atoms with Crippen molar-refractivity contribution in [3.8, 4) is 0 Å². The first-order valence-corrected chi connectivity index (χ1v) is 8.90. The molecule has 0 saturated heterocycles. The van der Waals surface area contributed by atoms with Crippen LogP contribution in [0.25, 0.3) is 0 Å². The Balaban J connectivity index is 2.29. The van der Waals surface area contributed by atoms with Crippen LogP contribution >= 0.6 is 0 Å². The van der Waals surface area contributed by atoms with Gasteiger partial charge >= 0.3 is 0 Å². The Bertz CT molecular complexity index is 773. The number of carbonyl (C=O) groups excluding carboxylic acids is 1. The van der Waals surface area contributed by atoms with Gasteiger partial charge in [-0.1, -0.05) is 37.3 Å². The smallest absolute Gasteiger partial charge is 0.261 e. The zero-order valence-electron chi connectivity index (χ0n) is 13.1. The van der Waals surface area contributed by atoms with Gasteiger partial charge in [-0.25, -0.2) is 8.42 Å². The number of para-hydroxylation sites is 1. The summed E-state index contributed by atoms with van der Waals surface area (Å²) in [7, 11) is -3.73. The highest BCUT2D eigenvalue weighted by Crippen LogP contribution is 2.20. The molecule has 0 fully saturated rings. The summed E-state index contributed by atoms with van der Waals surface area (Å²) in [6, 6.07) is 14.6. The van der Waals surface area contributed by atoms with E-state index in [2.05, 4.69) is 10.0 Å². The van der Waals surface area contributed by atoms with Crippen LogP contribution in [0.4, 0.5) is 5.69 Å². The van der Waals surface area contributed by atoms with E-state index >= 15 is 0 Å². The van der Waals surface area contributed by atoms with E-state index in [-0.39, 0.29) is 22.5 Å². The Kier molecular flexibility index (Phi) is 5.39. The molecule has 0 aliphatic heterocycles. The van der Waals surface area contributed by atoms with Gasteiger partial charge in [0.15, 0.2) is 0 Å². The number of hydrogen-bond acceptors (Lipinski definition) is 3. The highest BCUT2D eigenvalue weighted by atomic mass is 32.2. The molecule has 0 radical (unpaired) electrons. The second-order valence-corrected chi connectivity index (χ2v) is 6.93. The first-order chi connectivity index (χ1) is 10.9. The molecule has 23 heavy (non-hydrogen) atoms. The number of rotatable bonds is 6. The van der Waals surface area contributed by atoms with Gasteiger partial charge in [-0.3, -0.25) is 9.52 Å². The van der Waals surface area contributed by atoms with E-state index in [0.717, 1.165) is 6.42 Å². The summed E-state index contributed by atoms with van der Waals surface area (Å²) in [6.45, 7) is 3.86. The van der Waals surface area contributed by atoms with Crippen LogP contribution in [0.15, 0.2) is 59.5 Å². The molecule has 5 nitrogen and oxygen atoms in total. The molecule has 0 aliphatic carbocycles. The molecule has 122 valence electrons. The molecule has 6 heteroatoms. The molecule has 2 aromatic carbocycles. The Labute approximate surface area is 136 Å². The third-order valence-electron chi connectivity index (χ3n) is 3.46. The monoisotopic (exact) mass is 332 g/mol. The Morgan fingerprint density at radius 1 is 1.04 bits per heavy atom. The number of amides is 1. The maximum absolute atomic E-state index is 12.4. The maximum Gasteiger partial charge on any atom is 0.261 e. The summed E-state index contributed by atoms with van der Waals surface area (Å²) in [4.78, 5) is 12.5. The third-order valence-corrected chi connectivity index (χ3v) is 4.84. The maximum atomic E-state index is 12.4. The van der Waals surface area contributed by atoms with E-state index in [0.29, 0.717) is 5.56 Å². The summed E-state index contributed by atoms with van der Waals surface area (Å²) < 4.78 is 27.3. The van der Waals surface area contributed by atoms with Crippen molar-refractivity contribution in [2.45, 2.75) is 31.2 Å². The molecule has 0 saturated carbocycles. The molecule has 1 amide bonds. The first-order valence-electron chi connectivity index (χ1n) is 7.42. The van der Waals surface area contributed by atoms with Crippen LogP contribution in [0.1, 0.15) is 30.6 Å². The molecule has 0 bridgehead atoms. The minimum atomic E-state index is -3.73. The first kappa shape index (κ1) is 17.0. The van der Waals surface area contributed by atoms with Gasteiger partial charge in [-0.05, 0) is 37.6 Å². The topological polar surface area (TPSA) is 75.3 Å². The summed E-state index contributed by atoms with van der Waals surface area (Å²) in [5.74, 6) is -0.300. The van der Waals surface area contributed by atoms with Gasteiger partial charge in [0.2, 0.25) is 0 Å². The lowest BCUT2D eigenvalue weighted by molar-refractivity contribution is 0.0940. The van der Waals surface area contributed by atoms with Gasteiger partial charge in [0.1, 0.15) is 0 Å². The van der Waals surface area contributed by atoms with Crippen LogP contribution in [0.2, 0.25) is 0 Å². The van der Waals surface area contributed by atoms with Crippen molar-refractivity contribution in [1.82, 2.24) is 5.32 Å². The minimum absolute atomic E-state index is 0.0151. The molecule has 0 spiro atoms. The zero-order chi connectivity index (χ0) is 16.9. The second-order valence-electron chi connectivity index (χ2n) is 5.25. The summed E-state index contributed by atoms with van der Waals surface area (Å²) >= 11 is 0. The fourth-order valence-electron chi connectivity index (χ4n) is 1.98. The van der Waals surface area contributed by atoms with Crippen molar-refractivity contribution >= 4 is 21.6 Å². The van der Waals surface area contributed by atoms with Gasteiger partial charge in [-0.2, -0.15) is 0 Å². The van der Waals surface area contributed by atoms with Crippen LogP contribution in [-0.4, -0.2) is 20.4 Å². The van der Waals surface area contributed by atoms with E-state index < -0.39 is 10.0 Å². The number of hydrogen-bond donors (Lipinski definition) is 2. The Morgan fingerprint density at radius 2 is 1.65 bits per heavy atom. The average molecular weight is 332 g/mol. The van der Waals surface area contributed by atoms with Gasteiger partial charge in [0, 0.05) is 6.04 Å². The lowest BCUT2D eigenvalue weighted by Crippen LogP contribution is -2.32. The number of carbonyl (C=O) groups is 1. The molecular weight excluding hydrogens is 312 g/mol. The molecule has 0 heterocycles. The third kappa shape index (κ3) is 4.32. The van der Waals surface area contributed by atoms with E-state index in [4.69, 9.17) is 0 Å². The van der Waals surface area contributed by atoms with E-state index in [1.54, 1.807) is 42.5 Å². The highest BCUT2D eigenvalue weighted by Gasteiger charge is 2.18. The van der Waals surface area contributed by atoms with Gasteiger partial charge in [-0.15, -0.1) is 0 Å². The largest absolute Gasteiger partial charge is 0.350 e. The number of nitrogens with one attached hydrogen (secondary N) is 2. The van der Waals surface area contributed by atoms with Crippen LogP contribution in [0, 0.1) is 0 Å². The number of anilines is 1. The quantitative estimate of drug-likeness (QED) is 0.854. The lowest BCUT2D eigenvalue weighted by atomic mass is 10.1. The number of benzene rings is 2. The SMILES string of the molecule is CCC(C)NC(=O)c1ccccc1NS(=O)(=O)c1ccccc1. The van der Waals surface area contributed by atoms with Gasteiger partial charge in [0.25, 0.3) is 15.9 Å². The highest BCUT2D eigenvalue weighted by molar-refractivity contribution is 7.92. The standard InChI is InChI=1S/C17H20N2O3S/c1-3-13(2)18-17(20)15-11-7-8-12-16(15)19-23(21,22)14-9-5-4-6-10-14/h4-13,19H,3H2,1-2H3,(H,18,20). The predicted molar refractivity (Wildman–Crippen MR) is 90.9 cm³/mol. The van der Waals surface area contributed by atoms with Crippen LogP contribution in [-0.2, 0) is 10.0 Å². The van der Waals surface area contributed by atoms with E-state index in [9.17, 15) is 13.2 Å². The van der Waals surface area contributed by atoms with Crippen LogP contribution in [0.3, 0.4) is 0 Å². The van der Waals surface area contributed by atoms with Crippen molar-refractivity contribution in [2.24, 2.45) is 0 Å². The van der Waals surface area contributed by atoms with Crippen molar-refractivity contribution in [1.29, 1.82) is 0 Å². The van der Waals surface area contributed by atoms with Crippen molar-refractivity contribution < 1.29 is 13.2 Å². The summed E-state index contributed by atoms with van der Waals surface area (Å²) in [5, 5.41) is 2.84. The lowest BCUT2D eigenvalue weighted by Gasteiger charge is -2.15. The van der Waals surface area contributed by atoms with Crippen molar-refractivity contribution in [3.63, 3.8) is 0 Å². The van der Waals surface area contributed by atoms with Crippen LogP contribution < -0.4 is 10.0 Å². The normalized spacial score (nSPS) is 12.4. The molecule has 2 rings (SSSR count). The molecular formula is C17H20N2O3S. The molecule has 1 atom stereocenters. The number of sulfonamides is 1. The van der Waals surface area contributed by atoms with Gasteiger partial charge < -0.3 is 5.32 Å².